The summed E-state index contributed by atoms with van der Waals surface area (Å²) >= 11 is 0. The number of rotatable bonds is 5. The van der Waals surface area contributed by atoms with Crippen LogP contribution in [-0.4, -0.2) is 30.1 Å². The molecule has 2 aromatic rings. The van der Waals surface area contributed by atoms with Gasteiger partial charge in [0.1, 0.15) is 5.75 Å². The van der Waals surface area contributed by atoms with E-state index >= 15 is 0 Å². The van der Waals surface area contributed by atoms with Gasteiger partial charge < -0.3 is 15.0 Å². The Kier molecular flexibility index (Phi) is 5.57. The number of nitrogens with zero attached hydrogens (tertiary/aromatic N) is 2. The number of nitrogens with one attached hydrogen (secondary N) is 1. The van der Waals surface area contributed by atoms with Gasteiger partial charge in [-0.2, -0.15) is 0 Å². The molecule has 1 N–H and O–H groups in total. The van der Waals surface area contributed by atoms with Crippen LogP contribution >= 0.6 is 0 Å². The van der Waals surface area contributed by atoms with Crippen LogP contribution in [0.4, 0.5) is 10.5 Å². The lowest BCUT2D eigenvalue weighted by molar-refractivity contribution is 0.220. The summed E-state index contributed by atoms with van der Waals surface area (Å²) in [4.78, 5) is 18.4. The quantitative estimate of drug-likeness (QED) is 0.917. The van der Waals surface area contributed by atoms with Gasteiger partial charge in [-0.1, -0.05) is 25.1 Å². The molecule has 0 saturated carbocycles. The lowest BCUT2D eigenvalue weighted by Crippen LogP contribution is -2.31. The number of anilines is 1. The highest BCUT2D eigenvalue weighted by molar-refractivity contribution is 5.91. The minimum absolute atomic E-state index is 0.195. The first-order chi connectivity index (χ1) is 11.0. The van der Waals surface area contributed by atoms with E-state index in [2.05, 4.69) is 17.2 Å². The number of aromatic nitrogens is 1. The first-order valence-electron chi connectivity index (χ1n) is 7.64. The molecule has 2 rings (SSSR count). The number of para-hydroxylation sites is 1. The third kappa shape index (κ3) is 4.22. The Morgan fingerprint density at radius 2 is 2.09 bits per heavy atom. The molecule has 0 bridgehead atoms. The van der Waals surface area contributed by atoms with Crippen LogP contribution in [-0.2, 0) is 13.0 Å². The number of pyridine rings is 1. The lowest BCUT2D eigenvalue weighted by Gasteiger charge is -2.20. The summed E-state index contributed by atoms with van der Waals surface area (Å²) in [6.45, 7) is 4.47. The van der Waals surface area contributed by atoms with Crippen molar-refractivity contribution in [2.75, 3.05) is 19.5 Å². The number of hydrogen-bond donors (Lipinski definition) is 1. The molecule has 0 aliphatic carbocycles. The predicted octanol–water partition coefficient (Wildman–Crippen LogP) is 3.62. The first kappa shape index (κ1) is 16.8. The standard InChI is InChI=1S/C18H23N3O2/c1-5-14-9-10-15(19-11-14)12-21(3)18(22)20-17-13(2)7-6-8-16(17)23-4/h6-11H,5,12H2,1-4H3,(H,20,22). The fourth-order valence-electron chi connectivity index (χ4n) is 2.25. The van der Waals surface area contributed by atoms with E-state index in [0.29, 0.717) is 18.0 Å². The number of carbonyl (C=O) groups is 1. The number of methoxy groups -OCH3 is 1. The average molecular weight is 313 g/mol. The predicted molar refractivity (Wildman–Crippen MR) is 91.8 cm³/mol. The van der Waals surface area contributed by atoms with Crippen LogP contribution in [0.1, 0.15) is 23.7 Å². The van der Waals surface area contributed by atoms with E-state index in [-0.39, 0.29) is 6.03 Å². The molecular formula is C18H23N3O2. The van der Waals surface area contributed by atoms with Crippen LogP contribution in [0.2, 0.25) is 0 Å². The van der Waals surface area contributed by atoms with Gasteiger partial charge in [-0.05, 0) is 36.6 Å². The zero-order valence-corrected chi connectivity index (χ0v) is 14.1. The SMILES string of the molecule is CCc1ccc(CN(C)C(=O)Nc2c(C)cccc2OC)nc1. The lowest BCUT2D eigenvalue weighted by atomic mass is 10.2. The van der Waals surface area contributed by atoms with E-state index < -0.39 is 0 Å². The van der Waals surface area contributed by atoms with E-state index in [1.807, 2.05) is 43.5 Å². The monoisotopic (exact) mass is 313 g/mol. The Bertz CT molecular complexity index is 668. The Hall–Kier alpha value is -2.56. The number of hydrogen-bond acceptors (Lipinski definition) is 3. The number of ether oxygens (including phenoxy) is 1. The first-order valence-corrected chi connectivity index (χ1v) is 7.64. The van der Waals surface area contributed by atoms with Gasteiger partial charge in [0.25, 0.3) is 0 Å². The van der Waals surface area contributed by atoms with Crippen molar-refractivity contribution >= 4 is 11.7 Å². The molecule has 1 aromatic heterocycles. The molecule has 0 unspecified atom stereocenters. The number of urea groups is 1. The topological polar surface area (TPSA) is 54.5 Å². The van der Waals surface area contributed by atoms with Crippen LogP contribution < -0.4 is 10.1 Å². The van der Waals surface area contributed by atoms with Crippen molar-refractivity contribution < 1.29 is 9.53 Å². The molecule has 0 fully saturated rings. The Morgan fingerprint density at radius 3 is 2.70 bits per heavy atom. The summed E-state index contributed by atoms with van der Waals surface area (Å²) < 4.78 is 5.30. The average Bonchev–Trinajstić information content (AvgIpc) is 2.57. The maximum atomic E-state index is 12.4. The van der Waals surface area contributed by atoms with E-state index in [0.717, 1.165) is 17.7 Å². The molecule has 0 radical (unpaired) electrons. The molecule has 23 heavy (non-hydrogen) atoms. The van der Waals surface area contributed by atoms with Crippen molar-refractivity contribution in [3.63, 3.8) is 0 Å². The molecule has 1 aromatic carbocycles. The molecule has 1 heterocycles. The molecule has 0 aliphatic rings. The second kappa shape index (κ2) is 7.63. The maximum Gasteiger partial charge on any atom is 0.322 e. The molecule has 5 heteroatoms. The van der Waals surface area contributed by atoms with E-state index in [9.17, 15) is 4.79 Å². The molecule has 0 atom stereocenters. The Morgan fingerprint density at radius 1 is 1.30 bits per heavy atom. The normalized spacial score (nSPS) is 10.3. The number of benzene rings is 1. The molecular weight excluding hydrogens is 290 g/mol. The summed E-state index contributed by atoms with van der Waals surface area (Å²) in [5, 5.41) is 2.91. The van der Waals surface area contributed by atoms with Crippen LogP contribution in [0.3, 0.4) is 0 Å². The van der Waals surface area contributed by atoms with E-state index in [4.69, 9.17) is 4.74 Å². The van der Waals surface area contributed by atoms with Crippen molar-refractivity contribution in [3.05, 3.63) is 53.3 Å². The summed E-state index contributed by atoms with van der Waals surface area (Å²) in [6, 6.07) is 9.46. The largest absolute Gasteiger partial charge is 0.495 e. The van der Waals surface area contributed by atoms with Gasteiger partial charge in [0.05, 0.1) is 25.0 Å². The van der Waals surface area contributed by atoms with Gasteiger partial charge in [-0.3, -0.25) is 4.98 Å². The van der Waals surface area contributed by atoms with Crippen molar-refractivity contribution in [2.24, 2.45) is 0 Å². The van der Waals surface area contributed by atoms with Gasteiger partial charge in [0.15, 0.2) is 0 Å². The second-order valence-electron chi connectivity index (χ2n) is 5.45. The second-order valence-corrected chi connectivity index (χ2v) is 5.45. The minimum atomic E-state index is -0.195. The molecule has 0 saturated heterocycles. The van der Waals surface area contributed by atoms with Gasteiger partial charge in [-0.15, -0.1) is 0 Å². The molecule has 5 nitrogen and oxygen atoms in total. The fourth-order valence-corrected chi connectivity index (χ4v) is 2.25. The summed E-state index contributed by atoms with van der Waals surface area (Å²) in [5.41, 5.74) is 3.69. The molecule has 0 spiro atoms. The van der Waals surface area contributed by atoms with Gasteiger partial charge >= 0.3 is 6.03 Å². The van der Waals surface area contributed by atoms with E-state index in [1.54, 1.807) is 19.1 Å². The van der Waals surface area contributed by atoms with Crippen molar-refractivity contribution in [1.82, 2.24) is 9.88 Å². The van der Waals surface area contributed by atoms with E-state index in [1.165, 1.54) is 5.56 Å². The third-order valence-corrected chi connectivity index (χ3v) is 3.73. The summed E-state index contributed by atoms with van der Waals surface area (Å²) in [6.07, 6.45) is 2.81. The van der Waals surface area contributed by atoms with Gasteiger partial charge in [0.2, 0.25) is 0 Å². The minimum Gasteiger partial charge on any atom is -0.495 e. The highest BCUT2D eigenvalue weighted by Crippen LogP contribution is 2.27. The van der Waals surface area contributed by atoms with Gasteiger partial charge in [-0.25, -0.2) is 4.79 Å². The third-order valence-electron chi connectivity index (χ3n) is 3.73. The number of carbonyl (C=O) groups excluding carboxylic acids is 1. The highest BCUT2D eigenvalue weighted by atomic mass is 16.5. The molecule has 2 amide bonds. The summed E-state index contributed by atoms with van der Waals surface area (Å²) in [5.74, 6) is 0.650. The molecule has 122 valence electrons. The number of aryl methyl sites for hydroxylation is 2. The fraction of sp³-hybridized carbons (Fsp3) is 0.333. The van der Waals surface area contributed by atoms with Crippen LogP contribution in [0.5, 0.6) is 5.75 Å². The zero-order valence-electron chi connectivity index (χ0n) is 14.1. The molecule has 0 aliphatic heterocycles. The summed E-state index contributed by atoms with van der Waals surface area (Å²) in [7, 11) is 3.34. The van der Waals surface area contributed by atoms with Crippen LogP contribution in [0.25, 0.3) is 0 Å². The number of amides is 2. The zero-order chi connectivity index (χ0) is 16.8. The maximum absolute atomic E-state index is 12.4. The van der Waals surface area contributed by atoms with Crippen molar-refractivity contribution in [2.45, 2.75) is 26.8 Å². The smallest absolute Gasteiger partial charge is 0.322 e. The highest BCUT2D eigenvalue weighted by Gasteiger charge is 2.14. The van der Waals surface area contributed by atoms with Crippen LogP contribution in [0, 0.1) is 6.92 Å². The Labute approximate surface area is 137 Å². The van der Waals surface area contributed by atoms with Gasteiger partial charge in [0, 0.05) is 13.2 Å². The van der Waals surface area contributed by atoms with Crippen molar-refractivity contribution in [3.8, 4) is 5.75 Å². The van der Waals surface area contributed by atoms with Crippen LogP contribution in [0.15, 0.2) is 36.5 Å². The van der Waals surface area contributed by atoms with Crippen molar-refractivity contribution in [1.29, 1.82) is 0 Å². The Balaban J connectivity index is 2.05.